The van der Waals surface area contributed by atoms with E-state index >= 15 is 0 Å². The lowest BCUT2D eigenvalue weighted by atomic mass is 9.75. The minimum absolute atomic E-state index is 0.0747. The number of hydrogen-bond donors (Lipinski definition) is 3. The van der Waals surface area contributed by atoms with Crippen LogP contribution in [0.2, 0.25) is 0 Å². The van der Waals surface area contributed by atoms with E-state index in [2.05, 4.69) is 15.6 Å². The van der Waals surface area contributed by atoms with Crippen LogP contribution in [0.4, 0.5) is 0 Å². The van der Waals surface area contributed by atoms with Crippen LogP contribution < -0.4 is 16.0 Å². The number of nitrogens with zero attached hydrogens (tertiary/aromatic N) is 3. The second-order valence-corrected chi connectivity index (χ2v) is 7.59. The summed E-state index contributed by atoms with van der Waals surface area (Å²) in [4.78, 5) is 25.3. The zero-order valence-electron chi connectivity index (χ0n) is 15.2. The van der Waals surface area contributed by atoms with Gasteiger partial charge in [-0.05, 0) is 11.5 Å². The Hall–Kier alpha value is -2.74. The number of aromatic nitrogens is 3. The molecule has 1 aromatic carbocycles. The maximum Gasteiger partial charge on any atom is 0.270 e. The third kappa shape index (κ3) is 3.85. The molecule has 2 aromatic rings. The number of fused-ring (bicyclic) bond motifs is 3. The van der Waals surface area contributed by atoms with E-state index in [4.69, 9.17) is 5.73 Å². The van der Waals surface area contributed by atoms with Gasteiger partial charge in [0.2, 0.25) is 5.91 Å². The summed E-state index contributed by atoms with van der Waals surface area (Å²) in [6.45, 7) is 3.21. The summed E-state index contributed by atoms with van der Waals surface area (Å²) in [5, 5.41) is 10.9. The van der Waals surface area contributed by atoms with Crippen LogP contribution in [0.15, 0.2) is 36.5 Å². The fraction of sp³-hybridized carbons (Fsp3) is 0.474. The number of hydrogen-bond acceptors (Lipinski definition) is 4. The lowest BCUT2D eigenvalue weighted by molar-refractivity contribution is -0.945. The number of piperidine rings is 3. The summed E-state index contributed by atoms with van der Waals surface area (Å²) < 4.78 is 1.70. The molecule has 4 atom stereocenters. The summed E-state index contributed by atoms with van der Waals surface area (Å²) in [6, 6.07) is 10.4. The Morgan fingerprint density at radius 2 is 2.11 bits per heavy atom. The molecule has 8 nitrogen and oxygen atoms in total. The quantitative estimate of drug-likeness (QED) is 0.606. The van der Waals surface area contributed by atoms with E-state index in [-0.39, 0.29) is 17.5 Å². The molecule has 4 heterocycles. The van der Waals surface area contributed by atoms with Crippen LogP contribution in [0.1, 0.15) is 28.9 Å². The second kappa shape index (κ2) is 7.48. The summed E-state index contributed by atoms with van der Waals surface area (Å²) in [6.07, 6.45) is 3.68. The number of amides is 2. The van der Waals surface area contributed by atoms with Gasteiger partial charge < -0.3 is 16.0 Å². The Labute approximate surface area is 157 Å². The highest BCUT2D eigenvalue weighted by Gasteiger charge is 2.46. The van der Waals surface area contributed by atoms with Crippen LogP contribution >= 0.6 is 0 Å². The van der Waals surface area contributed by atoms with Crippen molar-refractivity contribution in [2.75, 3.05) is 13.1 Å². The van der Waals surface area contributed by atoms with Gasteiger partial charge in [-0.1, -0.05) is 35.5 Å². The zero-order chi connectivity index (χ0) is 18.8. The molecule has 4 N–H and O–H groups in total. The predicted octanol–water partition coefficient (Wildman–Crippen LogP) is -1.01. The van der Waals surface area contributed by atoms with Crippen LogP contribution in [0.25, 0.3) is 0 Å². The predicted molar refractivity (Wildman–Crippen MR) is 97.5 cm³/mol. The van der Waals surface area contributed by atoms with E-state index in [1.807, 2.05) is 30.3 Å². The fourth-order valence-electron chi connectivity index (χ4n) is 4.46. The third-order valence-electron chi connectivity index (χ3n) is 5.90. The van der Waals surface area contributed by atoms with Gasteiger partial charge >= 0.3 is 0 Å². The van der Waals surface area contributed by atoms with Gasteiger partial charge in [-0.25, -0.2) is 4.68 Å². The number of carbonyl (C=O) groups is 2. The number of primary amides is 1. The van der Waals surface area contributed by atoms with Crippen LogP contribution in [0, 0.1) is 11.8 Å². The lowest BCUT2D eigenvalue weighted by Gasteiger charge is -2.46. The number of nitrogens with two attached hydrogens (primary N) is 1. The molecule has 3 saturated heterocycles. The molecule has 2 bridgehead atoms. The van der Waals surface area contributed by atoms with Crippen molar-refractivity contribution in [1.29, 1.82) is 0 Å². The summed E-state index contributed by atoms with van der Waals surface area (Å²) in [5.74, 6) is 0.0820. The monoisotopic (exact) mass is 369 g/mol. The van der Waals surface area contributed by atoms with Gasteiger partial charge in [0.15, 0.2) is 5.69 Å². The lowest BCUT2D eigenvalue weighted by Crippen LogP contribution is -3.20. The highest BCUT2D eigenvalue weighted by atomic mass is 16.2. The number of nitrogens with one attached hydrogen (secondary N) is 2. The van der Waals surface area contributed by atoms with E-state index < -0.39 is 5.91 Å². The molecule has 8 heteroatoms. The molecule has 27 heavy (non-hydrogen) atoms. The molecule has 3 aliphatic heterocycles. The van der Waals surface area contributed by atoms with Gasteiger partial charge in [-0.3, -0.25) is 9.59 Å². The number of rotatable bonds is 6. The molecule has 3 aliphatic rings. The van der Waals surface area contributed by atoms with E-state index in [0.717, 1.165) is 31.5 Å². The average Bonchev–Trinajstić information content (AvgIpc) is 3.16. The Kier molecular flexibility index (Phi) is 4.89. The van der Waals surface area contributed by atoms with Crippen LogP contribution in [-0.4, -0.2) is 45.9 Å². The van der Waals surface area contributed by atoms with Crippen molar-refractivity contribution < 1.29 is 14.5 Å². The first-order valence-electron chi connectivity index (χ1n) is 9.46. The highest BCUT2D eigenvalue weighted by molar-refractivity contribution is 5.90. The van der Waals surface area contributed by atoms with Crippen molar-refractivity contribution in [3.8, 4) is 0 Å². The topological polar surface area (TPSA) is 107 Å². The summed E-state index contributed by atoms with van der Waals surface area (Å²) in [5.41, 5.74) is 6.55. The number of quaternary nitrogens is 1. The normalized spacial score (nSPS) is 26.7. The number of carbonyl (C=O) groups excluding carboxylic acids is 2. The standard InChI is InChI=1S/C19H24N6O2/c20-18(26)17-12-25(23-22-17)10-15-8-14-6-7-24(15)11-16(14)19(27)21-9-13-4-2-1-3-5-13/h1-5,12,14-16H,6-11H2,(H2,20,26)(H,21,27)/p+1/t14-,15-,16+/m1/s1. The molecule has 0 aliphatic carbocycles. The van der Waals surface area contributed by atoms with Gasteiger partial charge in [0.25, 0.3) is 5.91 Å². The van der Waals surface area contributed by atoms with Gasteiger partial charge in [0, 0.05) is 19.4 Å². The first kappa shape index (κ1) is 17.7. The van der Waals surface area contributed by atoms with Crippen molar-refractivity contribution in [2.45, 2.75) is 32.0 Å². The van der Waals surface area contributed by atoms with E-state index in [9.17, 15) is 9.59 Å². The van der Waals surface area contributed by atoms with Gasteiger partial charge in [0.05, 0.1) is 31.7 Å². The highest BCUT2D eigenvalue weighted by Crippen LogP contribution is 2.27. The van der Waals surface area contributed by atoms with Crippen molar-refractivity contribution in [3.63, 3.8) is 0 Å². The van der Waals surface area contributed by atoms with E-state index in [0.29, 0.717) is 25.0 Å². The Bertz CT molecular complexity index is 821. The Balaban J connectivity index is 1.34. The maximum absolute atomic E-state index is 12.7. The van der Waals surface area contributed by atoms with Crippen molar-refractivity contribution in [3.05, 3.63) is 47.8 Å². The Morgan fingerprint density at radius 1 is 1.30 bits per heavy atom. The third-order valence-corrected chi connectivity index (χ3v) is 5.90. The van der Waals surface area contributed by atoms with Crippen LogP contribution in [0.3, 0.4) is 0 Å². The Morgan fingerprint density at radius 3 is 2.78 bits per heavy atom. The van der Waals surface area contributed by atoms with Crippen LogP contribution in [-0.2, 0) is 17.9 Å². The van der Waals surface area contributed by atoms with Gasteiger partial charge in [-0.15, -0.1) is 5.10 Å². The minimum atomic E-state index is -0.561. The first-order chi connectivity index (χ1) is 13.1. The smallest absolute Gasteiger partial charge is 0.270 e. The minimum Gasteiger partial charge on any atom is -0.364 e. The van der Waals surface area contributed by atoms with E-state index in [1.165, 1.54) is 4.90 Å². The van der Waals surface area contributed by atoms with Crippen LogP contribution in [0.5, 0.6) is 0 Å². The molecule has 3 fully saturated rings. The fourth-order valence-corrected chi connectivity index (χ4v) is 4.46. The molecule has 0 radical (unpaired) electrons. The van der Waals surface area contributed by atoms with Crippen molar-refractivity contribution >= 4 is 11.8 Å². The first-order valence-corrected chi connectivity index (χ1v) is 9.46. The molecule has 0 saturated carbocycles. The maximum atomic E-state index is 12.7. The van der Waals surface area contributed by atoms with Crippen molar-refractivity contribution in [1.82, 2.24) is 20.3 Å². The summed E-state index contributed by atoms with van der Waals surface area (Å²) >= 11 is 0. The zero-order valence-corrected chi connectivity index (χ0v) is 15.2. The SMILES string of the molecule is NC(=O)c1cn(C[C@H]2C[C@H]3CC[NH+]2C[C@@H]3C(=O)NCc2ccccc2)nn1. The molecule has 0 spiro atoms. The molecule has 1 unspecified atom stereocenters. The van der Waals surface area contributed by atoms with Gasteiger partial charge in [0.1, 0.15) is 6.04 Å². The molecule has 142 valence electrons. The summed E-state index contributed by atoms with van der Waals surface area (Å²) in [7, 11) is 0. The largest absolute Gasteiger partial charge is 0.364 e. The average molecular weight is 369 g/mol. The molecular formula is C19H25N6O2+. The molecule has 5 rings (SSSR count). The van der Waals surface area contributed by atoms with Crippen molar-refractivity contribution in [2.24, 2.45) is 17.6 Å². The number of benzene rings is 1. The van der Waals surface area contributed by atoms with Gasteiger partial charge in [-0.2, -0.15) is 0 Å². The second-order valence-electron chi connectivity index (χ2n) is 7.59. The molecule has 1 aromatic heterocycles. The molecular weight excluding hydrogens is 344 g/mol. The van der Waals surface area contributed by atoms with E-state index in [1.54, 1.807) is 10.9 Å². The molecule has 2 amide bonds.